The maximum Gasteiger partial charge on any atom is 0.303 e. The molecule has 0 saturated heterocycles. The minimum Gasteiger partial charge on any atom is -0.481 e. The van der Waals surface area contributed by atoms with Gasteiger partial charge in [-0.25, -0.2) is 9.97 Å². The summed E-state index contributed by atoms with van der Waals surface area (Å²) in [5.41, 5.74) is 14.4. The Morgan fingerprint density at radius 3 is 2.07 bits per heavy atom. The molecule has 0 unspecified atom stereocenters. The van der Waals surface area contributed by atoms with Gasteiger partial charge in [-0.3, -0.25) is 9.59 Å². The number of aliphatic carboxylic acids is 1. The number of hydrogen-bond acceptors (Lipinski definition) is 4. The summed E-state index contributed by atoms with van der Waals surface area (Å²) in [6.07, 6.45) is 4.88. The molecule has 220 valence electrons. The molecule has 8 heteroatoms. The highest BCUT2D eigenvalue weighted by atomic mass is 16.4. The first kappa shape index (κ1) is 29.5. The van der Waals surface area contributed by atoms with Crippen LogP contribution in [0.4, 0.5) is 0 Å². The van der Waals surface area contributed by atoms with Gasteiger partial charge in [0.25, 0.3) is 0 Å². The second-order valence-electron chi connectivity index (χ2n) is 11.0. The zero-order chi connectivity index (χ0) is 31.0. The number of carbonyl (C=O) groups is 2. The number of aromatic amines is 2. The molecule has 4 N–H and O–H groups in total. The molecule has 0 spiro atoms. The largest absolute Gasteiger partial charge is 0.481 e. The number of nitrogens with one attached hydrogen (secondary N) is 3. The van der Waals surface area contributed by atoms with E-state index >= 15 is 0 Å². The van der Waals surface area contributed by atoms with Crippen molar-refractivity contribution in [2.24, 2.45) is 0 Å². The van der Waals surface area contributed by atoms with E-state index in [9.17, 15) is 14.7 Å². The van der Waals surface area contributed by atoms with Crippen LogP contribution >= 0.6 is 0 Å². The van der Waals surface area contributed by atoms with Crippen molar-refractivity contribution in [3.8, 4) is 0 Å². The van der Waals surface area contributed by atoms with E-state index in [4.69, 9.17) is 9.97 Å². The number of carboxylic acids is 1. The fourth-order valence-electron chi connectivity index (χ4n) is 5.90. The molecule has 3 aromatic rings. The molecule has 8 bridgehead atoms. The van der Waals surface area contributed by atoms with Gasteiger partial charge < -0.3 is 20.4 Å². The van der Waals surface area contributed by atoms with Gasteiger partial charge in [-0.15, -0.1) is 0 Å². The van der Waals surface area contributed by atoms with Crippen molar-refractivity contribution in [2.45, 2.75) is 53.4 Å². The van der Waals surface area contributed by atoms with Gasteiger partial charge in [0.1, 0.15) is 0 Å². The third-order valence-electron chi connectivity index (χ3n) is 8.51. The fourth-order valence-corrected chi connectivity index (χ4v) is 5.90. The van der Waals surface area contributed by atoms with Crippen molar-refractivity contribution in [3.05, 3.63) is 88.5 Å². The molecule has 0 aromatic carbocycles. The zero-order valence-corrected chi connectivity index (χ0v) is 25.4. The summed E-state index contributed by atoms with van der Waals surface area (Å²) in [4.78, 5) is 40.9. The topological polar surface area (TPSA) is 124 Å². The molecule has 5 rings (SSSR count). The number of carboxylic acid groups (broad SMARTS) is 1. The van der Waals surface area contributed by atoms with Crippen LogP contribution in [0.1, 0.15) is 78.1 Å². The lowest BCUT2D eigenvalue weighted by atomic mass is 10.00. The highest BCUT2D eigenvalue weighted by Gasteiger charge is 2.20. The Kier molecular flexibility index (Phi) is 8.04. The predicted octanol–water partition coefficient (Wildman–Crippen LogP) is 7.17. The summed E-state index contributed by atoms with van der Waals surface area (Å²) in [6, 6.07) is 8.06. The van der Waals surface area contributed by atoms with Crippen LogP contribution in [0.5, 0.6) is 0 Å². The highest BCUT2D eigenvalue weighted by Crippen LogP contribution is 2.36. The highest BCUT2D eigenvalue weighted by molar-refractivity contribution is 5.98. The first-order valence-corrected chi connectivity index (χ1v) is 14.4. The van der Waals surface area contributed by atoms with E-state index in [0.29, 0.717) is 25.0 Å². The Balaban J connectivity index is 1.92. The lowest BCUT2D eigenvalue weighted by molar-refractivity contribution is -0.136. The number of hydrogen-bond donors (Lipinski definition) is 4. The summed E-state index contributed by atoms with van der Waals surface area (Å²) in [5, 5.41) is 12.2. The number of rotatable bonds is 8. The number of nitrogens with zero attached hydrogens (tertiary/aromatic N) is 2. The van der Waals surface area contributed by atoms with Crippen molar-refractivity contribution >= 4 is 62.3 Å². The van der Waals surface area contributed by atoms with E-state index < -0.39 is 5.97 Å². The molecule has 0 radical (unpaired) electrons. The number of amides is 1. The monoisotopic (exact) mass is 575 g/mol. The van der Waals surface area contributed by atoms with Gasteiger partial charge in [-0.1, -0.05) is 25.3 Å². The molecular weight excluding hydrogens is 538 g/mol. The van der Waals surface area contributed by atoms with E-state index in [2.05, 4.69) is 28.4 Å². The Morgan fingerprint density at radius 1 is 0.791 bits per heavy atom. The predicted molar refractivity (Wildman–Crippen MR) is 175 cm³/mol. The lowest BCUT2D eigenvalue weighted by Gasteiger charge is -2.03. The van der Waals surface area contributed by atoms with E-state index in [1.54, 1.807) is 7.05 Å². The number of aromatic nitrogens is 4. The maximum absolute atomic E-state index is 12.2. The second-order valence-corrected chi connectivity index (χ2v) is 11.0. The minimum atomic E-state index is -0.861. The van der Waals surface area contributed by atoms with Gasteiger partial charge in [0.2, 0.25) is 5.91 Å². The van der Waals surface area contributed by atoms with Crippen LogP contribution in [-0.2, 0) is 16.0 Å². The van der Waals surface area contributed by atoms with Gasteiger partial charge in [0.15, 0.2) is 0 Å². The van der Waals surface area contributed by atoms with Gasteiger partial charge in [0.05, 0.1) is 22.8 Å². The first-order chi connectivity index (χ1) is 20.6. The van der Waals surface area contributed by atoms with Crippen molar-refractivity contribution < 1.29 is 14.7 Å². The van der Waals surface area contributed by atoms with E-state index in [-0.39, 0.29) is 12.3 Å². The summed E-state index contributed by atoms with van der Waals surface area (Å²) in [6.45, 7) is 16.2. The molecule has 3 aromatic heterocycles. The molecule has 0 aliphatic carbocycles. The number of carbonyl (C=O) groups excluding carboxylic acids is 1. The molecule has 43 heavy (non-hydrogen) atoms. The van der Waals surface area contributed by atoms with Crippen LogP contribution < -0.4 is 5.32 Å². The maximum atomic E-state index is 12.2. The third kappa shape index (κ3) is 5.48. The molecule has 0 atom stereocenters. The lowest BCUT2D eigenvalue weighted by Crippen LogP contribution is -2.18. The number of fused-ring (bicyclic) bond motifs is 8. The second kappa shape index (κ2) is 11.7. The molecule has 8 nitrogen and oxygen atoms in total. The van der Waals surface area contributed by atoms with Crippen molar-refractivity contribution in [3.63, 3.8) is 0 Å². The summed E-state index contributed by atoms with van der Waals surface area (Å²) in [5.74, 6) is -0.904. The SMILES string of the molecule is C=CC1=C(C)c2cc3[nH]c(cc4nc(cc5[nH]c(cc1n2)c(C)c5CCC(=O)NC)C(CCC(=O)O)=C4C)c(C)c3C=C. The van der Waals surface area contributed by atoms with Crippen LogP contribution in [-0.4, -0.2) is 44.0 Å². The van der Waals surface area contributed by atoms with E-state index in [1.807, 2.05) is 64.1 Å². The first-order valence-electron chi connectivity index (χ1n) is 14.4. The molecule has 5 heterocycles. The van der Waals surface area contributed by atoms with Crippen molar-refractivity contribution in [1.82, 2.24) is 25.3 Å². The number of H-pyrrole nitrogens is 2. The Hall–Kier alpha value is -4.98. The smallest absolute Gasteiger partial charge is 0.303 e. The van der Waals surface area contributed by atoms with E-state index in [1.165, 1.54) is 0 Å². The Labute approximate surface area is 251 Å². The molecule has 0 fully saturated rings. The third-order valence-corrected chi connectivity index (χ3v) is 8.51. The Bertz CT molecular complexity index is 1930. The standard InChI is InChI=1S/C35H37N5O3/c1-8-22-18(3)26-14-27-21(6)25(11-13-35(42)43)33(39-27)17-32-24(10-12-34(41)36-7)20(5)29(40-32)16-31-23(9-2)19(4)28(38-31)15-30(22)37-26/h8-9,14-17,37,40H,1-2,10-13H2,3-7H3,(H,36,41)(H,42,43). The van der Waals surface area contributed by atoms with Crippen LogP contribution in [0.2, 0.25) is 0 Å². The van der Waals surface area contributed by atoms with E-state index in [0.717, 1.165) is 83.7 Å². The molecule has 2 aliphatic rings. The van der Waals surface area contributed by atoms with Crippen LogP contribution in [0.3, 0.4) is 0 Å². The zero-order valence-electron chi connectivity index (χ0n) is 25.4. The van der Waals surface area contributed by atoms with Crippen LogP contribution in [0.25, 0.3) is 50.4 Å². The van der Waals surface area contributed by atoms with Gasteiger partial charge >= 0.3 is 5.97 Å². The average Bonchev–Trinajstić information content (AvgIpc) is 3.63. The van der Waals surface area contributed by atoms with Crippen molar-refractivity contribution in [1.29, 1.82) is 0 Å². The summed E-state index contributed by atoms with van der Waals surface area (Å²) in [7, 11) is 1.64. The number of aryl methyl sites for hydroxylation is 3. The van der Waals surface area contributed by atoms with Crippen molar-refractivity contribution in [2.75, 3.05) is 7.05 Å². The summed E-state index contributed by atoms with van der Waals surface area (Å²) >= 11 is 0. The van der Waals surface area contributed by atoms with Crippen LogP contribution in [0.15, 0.2) is 43.5 Å². The normalized spacial score (nSPS) is 13.0. The molecule has 2 aliphatic heterocycles. The quantitative estimate of drug-likeness (QED) is 0.227. The molecule has 0 saturated carbocycles. The molecule has 1 amide bonds. The number of allylic oxidation sites excluding steroid dienone is 5. The van der Waals surface area contributed by atoms with Gasteiger partial charge in [0, 0.05) is 53.1 Å². The Morgan fingerprint density at radius 2 is 1.40 bits per heavy atom. The fraction of sp³-hybridized carbons (Fsp3) is 0.257. The van der Waals surface area contributed by atoms with Crippen LogP contribution in [0, 0.1) is 13.8 Å². The summed E-state index contributed by atoms with van der Waals surface area (Å²) < 4.78 is 0. The van der Waals surface area contributed by atoms with Gasteiger partial charge in [-0.05, 0) is 98.2 Å². The minimum absolute atomic E-state index is 0.00513. The molecular formula is C35H37N5O3. The van der Waals surface area contributed by atoms with Gasteiger partial charge in [-0.2, -0.15) is 0 Å². The average molecular weight is 576 g/mol.